The fraction of sp³-hybridized carbons (Fsp3) is 0.500. The third-order valence-corrected chi connectivity index (χ3v) is 0.624. The van der Waals surface area contributed by atoms with E-state index in [0.717, 1.165) is 6.08 Å². The summed E-state index contributed by atoms with van der Waals surface area (Å²) in [6.45, 7) is 3.86. The van der Waals surface area contributed by atoms with Gasteiger partial charge in [-0.05, 0) is 5.92 Å². The van der Waals surface area contributed by atoms with Crippen LogP contribution in [0.15, 0.2) is 12.2 Å². The molecule has 2 nitrogen and oxygen atoms in total. The molecule has 0 bridgehead atoms. The molecule has 0 spiro atoms. The molecule has 0 saturated heterocycles. The molecule has 0 atom stereocenters. The molecule has 0 unspecified atom stereocenters. The Bertz CT molecular complexity index is 108. The van der Waals surface area contributed by atoms with Gasteiger partial charge < -0.3 is 5.11 Å². The average molecular weight is 323 g/mol. The number of carboxylic acid groups (broad SMARTS) is 1. The van der Waals surface area contributed by atoms with Crippen molar-refractivity contribution in [3.8, 4) is 0 Å². The number of rotatable bonds is 2. The number of aliphatic carboxylic acids is 1. The molecule has 2 radical (unpaired) electrons. The Labute approximate surface area is 75.1 Å². The number of carboxylic acids is 1. The van der Waals surface area contributed by atoms with Crippen molar-refractivity contribution in [2.75, 3.05) is 0 Å². The van der Waals surface area contributed by atoms with Crippen LogP contribution in [0, 0.1) is 5.92 Å². The van der Waals surface area contributed by atoms with Gasteiger partial charge in [0.2, 0.25) is 0 Å². The molecule has 0 aliphatic rings. The number of allylic oxidation sites excluding steroid dienone is 1. The van der Waals surface area contributed by atoms with Crippen LogP contribution < -0.4 is 0 Å². The molecule has 0 amide bonds. The molecule has 52 valence electrons. The summed E-state index contributed by atoms with van der Waals surface area (Å²) in [5.41, 5.74) is 0. The second-order valence-corrected chi connectivity index (χ2v) is 1.94. The van der Waals surface area contributed by atoms with Gasteiger partial charge in [-0.3, -0.25) is 0 Å². The molecule has 1 N–H and O–H groups in total. The molecule has 0 aromatic carbocycles. The van der Waals surface area contributed by atoms with Gasteiger partial charge in [-0.2, -0.15) is 0 Å². The summed E-state index contributed by atoms with van der Waals surface area (Å²) >= 11 is 0. The van der Waals surface area contributed by atoms with Gasteiger partial charge in [0, 0.05) is 6.08 Å². The van der Waals surface area contributed by atoms with Crippen LogP contribution in [0.25, 0.3) is 0 Å². The third-order valence-electron chi connectivity index (χ3n) is 0.624. The van der Waals surface area contributed by atoms with E-state index < -0.39 is 5.97 Å². The summed E-state index contributed by atoms with van der Waals surface area (Å²) in [6.07, 6.45) is 2.80. The maximum absolute atomic E-state index is 9.82. The molecule has 0 saturated carbocycles. The Morgan fingerprint density at radius 3 is 2.11 bits per heavy atom. The first-order valence-corrected chi connectivity index (χ1v) is 2.54. The second kappa shape index (κ2) is 6.26. The summed E-state index contributed by atoms with van der Waals surface area (Å²) < 4.78 is 0. The van der Waals surface area contributed by atoms with Crippen LogP contribution in [0.1, 0.15) is 13.8 Å². The quantitative estimate of drug-likeness (QED) is 0.589. The van der Waals surface area contributed by atoms with Crippen LogP contribution in [0.2, 0.25) is 0 Å². The van der Waals surface area contributed by atoms with Crippen LogP contribution in [0.4, 0.5) is 0 Å². The SMILES string of the molecule is CC(C)C=CC(=O)O.[PbH2]. The van der Waals surface area contributed by atoms with E-state index in [1.54, 1.807) is 6.08 Å². The number of carbonyl (C=O) groups is 1. The number of hydrogen-bond donors (Lipinski definition) is 1. The van der Waals surface area contributed by atoms with E-state index in [0.29, 0.717) is 5.92 Å². The van der Waals surface area contributed by atoms with Gasteiger partial charge in [-0.25, -0.2) is 4.79 Å². The van der Waals surface area contributed by atoms with E-state index in [-0.39, 0.29) is 27.3 Å². The molecular weight excluding hydrogens is 311 g/mol. The van der Waals surface area contributed by atoms with Gasteiger partial charge in [-0.1, -0.05) is 19.9 Å². The van der Waals surface area contributed by atoms with Crippen molar-refractivity contribution in [2.24, 2.45) is 5.92 Å². The molecule has 0 fully saturated rings. The van der Waals surface area contributed by atoms with Gasteiger partial charge in [0.25, 0.3) is 0 Å². The van der Waals surface area contributed by atoms with Crippen molar-refractivity contribution in [3.63, 3.8) is 0 Å². The van der Waals surface area contributed by atoms with E-state index in [9.17, 15) is 4.79 Å². The van der Waals surface area contributed by atoms with Crippen molar-refractivity contribution in [1.82, 2.24) is 0 Å². The fourth-order valence-electron chi connectivity index (χ4n) is 0.275. The van der Waals surface area contributed by atoms with E-state index in [2.05, 4.69) is 0 Å². The number of hydrogen-bond acceptors (Lipinski definition) is 1. The molecule has 0 aromatic heterocycles. The van der Waals surface area contributed by atoms with Gasteiger partial charge in [0.15, 0.2) is 0 Å². The Kier molecular flexibility index (Phi) is 8.25. The topological polar surface area (TPSA) is 37.3 Å². The van der Waals surface area contributed by atoms with Gasteiger partial charge in [-0.15, -0.1) is 0 Å². The van der Waals surface area contributed by atoms with E-state index in [1.807, 2.05) is 13.8 Å². The van der Waals surface area contributed by atoms with E-state index >= 15 is 0 Å². The van der Waals surface area contributed by atoms with E-state index in [4.69, 9.17) is 5.11 Å². The van der Waals surface area contributed by atoms with Gasteiger partial charge in [0.1, 0.15) is 0 Å². The zero-order valence-electron chi connectivity index (χ0n) is 5.79. The maximum atomic E-state index is 9.82. The molecule has 0 aromatic rings. The molecule has 9 heavy (non-hydrogen) atoms. The summed E-state index contributed by atoms with van der Waals surface area (Å²) in [4.78, 5) is 9.82. The molecule has 0 aliphatic heterocycles. The Hall–Kier alpha value is 0.132. The van der Waals surface area contributed by atoms with E-state index in [1.165, 1.54) is 0 Å². The summed E-state index contributed by atoms with van der Waals surface area (Å²) in [5, 5.41) is 8.08. The summed E-state index contributed by atoms with van der Waals surface area (Å²) in [6, 6.07) is 0. The van der Waals surface area contributed by atoms with Crippen molar-refractivity contribution in [1.29, 1.82) is 0 Å². The normalized spacial score (nSPS) is 9.67. The van der Waals surface area contributed by atoms with Crippen molar-refractivity contribution in [3.05, 3.63) is 12.2 Å². The Morgan fingerprint density at radius 2 is 2.00 bits per heavy atom. The predicted octanol–water partition coefficient (Wildman–Crippen LogP) is 0.367. The Balaban J connectivity index is 0. The summed E-state index contributed by atoms with van der Waals surface area (Å²) in [5.74, 6) is -0.551. The minimum atomic E-state index is -0.876. The third kappa shape index (κ3) is 11.6. The van der Waals surface area contributed by atoms with Crippen molar-refractivity contribution >= 4 is 33.3 Å². The van der Waals surface area contributed by atoms with Crippen LogP contribution in [0.3, 0.4) is 0 Å². The zero-order valence-corrected chi connectivity index (χ0v) is 11.3. The summed E-state index contributed by atoms with van der Waals surface area (Å²) in [7, 11) is 0. The predicted molar refractivity (Wildman–Crippen MR) is 40.2 cm³/mol. The molecule has 0 aliphatic carbocycles. The first-order chi connectivity index (χ1) is 3.63. The van der Waals surface area contributed by atoms with Gasteiger partial charge in [0.05, 0.1) is 0 Å². The zero-order chi connectivity index (χ0) is 6.57. The Morgan fingerprint density at radius 1 is 1.56 bits per heavy atom. The van der Waals surface area contributed by atoms with Crippen molar-refractivity contribution < 1.29 is 9.90 Å². The minimum absolute atomic E-state index is 0. The standard InChI is InChI=1S/C6H10O2.Pb.2H/c1-5(2)3-4-6(7)8;;;/h3-5H,1-2H3,(H,7,8);;;. The second-order valence-electron chi connectivity index (χ2n) is 1.94. The first kappa shape index (κ1) is 11.9. The average Bonchev–Trinajstić information content (AvgIpc) is 1.61. The van der Waals surface area contributed by atoms with Gasteiger partial charge >= 0.3 is 33.3 Å². The fourth-order valence-corrected chi connectivity index (χ4v) is 0.275. The molecule has 0 rings (SSSR count). The van der Waals surface area contributed by atoms with Crippen LogP contribution in [-0.2, 0) is 4.79 Å². The van der Waals surface area contributed by atoms with Crippen LogP contribution in [0.5, 0.6) is 0 Å². The first-order valence-electron chi connectivity index (χ1n) is 2.54. The molecule has 3 heteroatoms. The van der Waals surface area contributed by atoms with Crippen LogP contribution >= 0.6 is 0 Å². The monoisotopic (exact) mass is 324 g/mol. The molecule has 0 heterocycles. The van der Waals surface area contributed by atoms with Crippen LogP contribution in [-0.4, -0.2) is 38.4 Å². The van der Waals surface area contributed by atoms with Crippen molar-refractivity contribution in [2.45, 2.75) is 13.8 Å². The molecular formula is C6H12O2Pb.